The zero-order valence-corrected chi connectivity index (χ0v) is 14.9. The third kappa shape index (κ3) is 3.28. The van der Waals surface area contributed by atoms with Gasteiger partial charge in [-0.25, -0.2) is 4.98 Å². The maximum atomic E-state index is 12.7. The number of ether oxygens (including phenoxy) is 2. The average molecular weight is 393 g/mol. The Labute approximate surface area is 148 Å². The standard InChI is InChI=1S/C16H17BrN4O3/c1-23-11-5-3-4-10(8-11)19-12-6-7-21(16(12)22)13-9-18-14(17)15(20-13)24-2/h3-5,8-9,12,19H,6-7H2,1-2H3. The van der Waals surface area contributed by atoms with E-state index in [1.807, 2.05) is 24.3 Å². The molecular weight excluding hydrogens is 376 g/mol. The van der Waals surface area contributed by atoms with E-state index in [-0.39, 0.29) is 11.9 Å². The molecule has 2 aromatic rings. The molecule has 24 heavy (non-hydrogen) atoms. The minimum absolute atomic E-state index is 0.0449. The van der Waals surface area contributed by atoms with E-state index >= 15 is 0 Å². The second-order valence-electron chi connectivity index (χ2n) is 5.24. The second-order valence-corrected chi connectivity index (χ2v) is 5.99. The molecule has 3 rings (SSSR count). The van der Waals surface area contributed by atoms with Crippen molar-refractivity contribution in [2.45, 2.75) is 12.5 Å². The molecule has 0 bridgehead atoms. The van der Waals surface area contributed by atoms with Crippen LogP contribution in [0.5, 0.6) is 11.6 Å². The van der Waals surface area contributed by atoms with Crippen LogP contribution in [0.25, 0.3) is 0 Å². The maximum absolute atomic E-state index is 12.7. The van der Waals surface area contributed by atoms with Crippen LogP contribution in [-0.2, 0) is 4.79 Å². The van der Waals surface area contributed by atoms with Crippen LogP contribution in [0.4, 0.5) is 11.5 Å². The largest absolute Gasteiger partial charge is 0.497 e. The van der Waals surface area contributed by atoms with Gasteiger partial charge in [0.1, 0.15) is 11.8 Å². The molecule has 1 fully saturated rings. The molecule has 126 valence electrons. The normalized spacial score (nSPS) is 17.0. The topological polar surface area (TPSA) is 76.6 Å². The van der Waals surface area contributed by atoms with Crippen LogP contribution >= 0.6 is 15.9 Å². The van der Waals surface area contributed by atoms with E-state index in [4.69, 9.17) is 9.47 Å². The van der Waals surface area contributed by atoms with Gasteiger partial charge < -0.3 is 14.8 Å². The van der Waals surface area contributed by atoms with Crippen LogP contribution in [-0.4, -0.2) is 42.7 Å². The number of nitrogens with zero attached hydrogens (tertiary/aromatic N) is 3. The first-order valence-electron chi connectivity index (χ1n) is 7.41. The SMILES string of the molecule is COc1cccc(NC2CCN(c3cnc(Br)c(OC)n3)C2=O)c1. The Bertz CT molecular complexity index is 756. The van der Waals surface area contributed by atoms with Crippen LogP contribution in [0.2, 0.25) is 0 Å². The summed E-state index contributed by atoms with van der Waals surface area (Å²) in [5.41, 5.74) is 0.842. The lowest BCUT2D eigenvalue weighted by molar-refractivity contribution is -0.117. The first kappa shape index (κ1) is 16.5. The molecule has 7 nitrogen and oxygen atoms in total. The molecule has 1 saturated heterocycles. The number of carbonyl (C=O) groups excluding carboxylic acids is 1. The van der Waals surface area contributed by atoms with E-state index in [2.05, 4.69) is 31.2 Å². The second kappa shape index (κ2) is 7.04. The zero-order chi connectivity index (χ0) is 17.1. The summed E-state index contributed by atoms with van der Waals surface area (Å²) in [6.07, 6.45) is 2.23. The number of hydrogen-bond acceptors (Lipinski definition) is 6. The number of anilines is 2. The predicted octanol–water partition coefficient (Wildman–Crippen LogP) is 2.47. The van der Waals surface area contributed by atoms with E-state index in [1.54, 1.807) is 18.2 Å². The minimum Gasteiger partial charge on any atom is -0.497 e. The molecule has 1 atom stereocenters. The van der Waals surface area contributed by atoms with Crippen LogP contribution in [0.1, 0.15) is 6.42 Å². The molecule has 1 N–H and O–H groups in total. The Hall–Kier alpha value is -2.35. The molecule has 0 aliphatic carbocycles. The lowest BCUT2D eigenvalue weighted by Gasteiger charge is -2.17. The van der Waals surface area contributed by atoms with Gasteiger partial charge in [0.25, 0.3) is 5.91 Å². The highest BCUT2D eigenvalue weighted by atomic mass is 79.9. The fourth-order valence-corrected chi connectivity index (χ4v) is 2.92. The smallest absolute Gasteiger partial charge is 0.250 e. The van der Waals surface area contributed by atoms with Crippen molar-refractivity contribution in [1.82, 2.24) is 9.97 Å². The van der Waals surface area contributed by atoms with Crippen LogP contribution in [0.15, 0.2) is 35.1 Å². The molecule has 0 saturated carbocycles. The highest BCUT2D eigenvalue weighted by Gasteiger charge is 2.33. The van der Waals surface area contributed by atoms with Gasteiger partial charge in [-0.1, -0.05) is 6.07 Å². The van der Waals surface area contributed by atoms with E-state index in [9.17, 15) is 4.79 Å². The molecule has 0 spiro atoms. The van der Waals surface area contributed by atoms with Gasteiger partial charge in [0.05, 0.1) is 20.4 Å². The summed E-state index contributed by atoms with van der Waals surface area (Å²) in [5, 5.41) is 3.25. The number of amides is 1. The van der Waals surface area contributed by atoms with Gasteiger partial charge in [-0.05, 0) is 34.5 Å². The first-order chi connectivity index (χ1) is 11.6. The van der Waals surface area contributed by atoms with Gasteiger partial charge >= 0.3 is 0 Å². The summed E-state index contributed by atoms with van der Waals surface area (Å²) < 4.78 is 10.8. The fourth-order valence-electron chi connectivity index (χ4n) is 2.56. The Kier molecular flexibility index (Phi) is 4.84. The predicted molar refractivity (Wildman–Crippen MR) is 93.7 cm³/mol. The molecule has 1 aromatic heterocycles. The van der Waals surface area contributed by atoms with Crippen molar-refractivity contribution in [1.29, 1.82) is 0 Å². The highest BCUT2D eigenvalue weighted by Crippen LogP contribution is 2.27. The van der Waals surface area contributed by atoms with Gasteiger partial charge in [0.2, 0.25) is 5.88 Å². The van der Waals surface area contributed by atoms with Crippen molar-refractivity contribution in [3.63, 3.8) is 0 Å². The minimum atomic E-state index is -0.312. The number of carbonyl (C=O) groups is 1. The fraction of sp³-hybridized carbons (Fsp3) is 0.312. The summed E-state index contributed by atoms with van der Waals surface area (Å²) in [4.78, 5) is 22.7. The summed E-state index contributed by atoms with van der Waals surface area (Å²) in [6, 6.07) is 7.19. The summed E-state index contributed by atoms with van der Waals surface area (Å²) in [6.45, 7) is 0.569. The highest BCUT2D eigenvalue weighted by molar-refractivity contribution is 9.10. The third-order valence-corrected chi connectivity index (χ3v) is 4.32. The Morgan fingerprint density at radius 1 is 1.33 bits per heavy atom. The van der Waals surface area contributed by atoms with Crippen molar-refractivity contribution in [2.24, 2.45) is 0 Å². The van der Waals surface area contributed by atoms with Crippen molar-refractivity contribution in [3.8, 4) is 11.6 Å². The summed E-state index contributed by atoms with van der Waals surface area (Å²) in [7, 11) is 3.12. The zero-order valence-electron chi connectivity index (χ0n) is 13.3. The van der Waals surface area contributed by atoms with Gasteiger partial charge in [0.15, 0.2) is 10.4 Å². The number of halogens is 1. The summed E-state index contributed by atoms with van der Waals surface area (Å²) >= 11 is 3.26. The molecule has 1 unspecified atom stereocenters. The quantitative estimate of drug-likeness (QED) is 0.841. The number of hydrogen-bond donors (Lipinski definition) is 1. The first-order valence-corrected chi connectivity index (χ1v) is 8.20. The molecular formula is C16H17BrN4O3. The number of rotatable bonds is 5. The van der Waals surface area contributed by atoms with Gasteiger partial charge in [-0.15, -0.1) is 0 Å². The van der Waals surface area contributed by atoms with Crippen molar-refractivity contribution >= 4 is 33.3 Å². The number of nitrogens with one attached hydrogen (secondary N) is 1. The van der Waals surface area contributed by atoms with Crippen LogP contribution in [0, 0.1) is 0 Å². The number of methoxy groups -OCH3 is 2. The van der Waals surface area contributed by atoms with E-state index < -0.39 is 0 Å². The summed E-state index contributed by atoms with van der Waals surface area (Å²) in [5.74, 6) is 1.53. The van der Waals surface area contributed by atoms with Crippen LogP contribution < -0.4 is 19.7 Å². The average Bonchev–Trinajstić information content (AvgIpc) is 2.96. The number of benzene rings is 1. The van der Waals surface area contributed by atoms with Crippen LogP contribution in [0.3, 0.4) is 0 Å². The maximum Gasteiger partial charge on any atom is 0.250 e. The van der Waals surface area contributed by atoms with Gasteiger partial charge in [0, 0.05) is 18.3 Å². The molecule has 8 heteroatoms. The van der Waals surface area contributed by atoms with E-state index in [0.29, 0.717) is 29.3 Å². The van der Waals surface area contributed by atoms with Gasteiger partial charge in [-0.3, -0.25) is 9.69 Å². The van der Waals surface area contributed by atoms with E-state index in [1.165, 1.54) is 7.11 Å². The third-order valence-electron chi connectivity index (χ3n) is 3.77. The molecule has 2 heterocycles. The number of aromatic nitrogens is 2. The monoisotopic (exact) mass is 392 g/mol. The van der Waals surface area contributed by atoms with Gasteiger partial charge in [-0.2, -0.15) is 4.98 Å². The van der Waals surface area contributed by atoms with E-state index in [0.717, 1.165) is 11.4 Å². The molecule has 1 aliphatic rings. The lowest BCUT2D eigenvalue weighted by atomic mass is 10.2. The molecule has 0 radical (unpaired) electrons. The molecule has 1 aliphatic heterocycles. The molecule has 1 amide bonds. The Morgan fingerprint density at radius 2 is 2.17 bits per heavy atom. The van der Waals surface area contributed by atoms with Crippen molar-refractivity contribution < 1.29 is 14.3 Å². The van der Waals surface area contributed by atoms with Crippen molar-refractivity contribution in [3.05, 3.63) is 35.1 Å². The molecule has 1 aromatic carbocycles. The Balaban J connectivity index is 1.75. The van der Waals surface area contributed by atoms with Crippen molar-refractivity contribution in [2.75, 3.05) is 31.0 Å². The Morgan fingerprint density at radius 3 is 2.92 bits per heavy atom. The lowest BCUT2D eigenvalue weighted by Crippen LogP contribution is -2.34.